The third-order valence-corrected chi connectivity index (χ3v) is 3.51. The van der Waals surface area contributed by atoms with Crippen LogP contribution in [0.25, 0.3) is 0 Å². The fourth-order valence-corrected chi connectivity index (χ4v) is 2.54. The average Bonchev–Trinajstić information content (AvgIpc) is 2.81. The van der Waals surface area contributed by atoms with Crippen LogP contribution in [0.15, 0.2) is 10.5 Å². The van der Waals surface area contributed by atoms with Gasteiger partial charge in [-0.05, 0) is 32.8 Å². The molecule has 3 atom stereocenters. The molecule has 100 valence electrons. The first-order chi connectivity index (χ1) is 8.51. The van der Waals surface area contributed by atoms with E-state index in [1.807, 2.05) is 0 Å². The van der Waals surface area contributed by atoms with Gasteiger partial charge in [0.1, 0.15) is 11.5 Å². The monoisotopic (exact) mass is 253 g/mol. The van der Waals surface area contributed by atoms with Gasteiger partial charge >= 0.3 is 0 Å². The number of aliphatic hydroxyl groups excluding tert-OH is 2. The molecule has 1 aromatic heterocycles. The second-order valence-corrected chi connectivity index (χ2v) is 4.98. The van der Waals surface area contributed by atoms with Crippen LogP contribution in [0.2, 0.25) is 0 Å². The fourth-order valence-electron chi connectivity index (χ4n) is 2.54. The van der Waals surface area contributed by atoms with Crippen molar-refractivity contribution in [2.45, 2.75) is 38.8 Å². The van der Waals surface area contributed by atoms with E-state index in [4.69, 9.17) is 9.52 Å². The Morgan fingerprint density at radius 1 is 1.50 bits per heavy atom. The molecule has 0 spiro atoms. The van der Waals surface area contributed by atoms with E-state index >= 15 is 0 Å². The van der Waals surface area contributed by atoms with Crippen LogP contribution < -0.4 is 5.32 Å². The van der Waals surface area contributed by atoms with Gasteiger partial charge in [-0.15, -0.1) is 0 Å². The topological polar surface area (TPSA) is 82.7 Å². The van der Waals surface area contributed by atoms with Crippen LogP contribution >= 0.6 is 0 Å². The smallest absolute Gasteiger partial charge is 0.255 e. The van der Waals surface area contributed by atoms with Crippen LogP contribution in [0.5, 0.6) is 0 Å². The van der Waals surface area contributed by atoms with Crippen molar-refractivity contribution in [3.63, 3.8) is 0 Å². The van der Waals surface area contributed by atoms with Crippen LogP contribution in [0.4, 0.5) is 0 Å². The van der Waals surface area contributed by atoms with Crippen molar-refractivity contribution in [3.05, 3.63) is 23.2 Å². The molecule has 1 aromatic rings. The number of furan rings is 1. The highest BCUT2D eigenvalue weighted by molar-refractivity contribution is 5.95. The molecule has 0 unspecified atom stereocenters. The Morgan fingerprint density at radius 2 is 2.22 bits per heavy atom. The van der Waals surface area contributed by atoms with E-state index in [2.05, 4.69) is 5.32 Å². The highest BCUT2D eigenvalue weighted by atomic mass is 16.3. The molecule has 1 aliphatic carbocycles. The molecule has 0 aliphatic heterocycles. The third-order valence-electron chi connectivity index (χ3n) is 3.51. The van der Waals surface area contributed by atoms with Gasteiger partial charge < -0.3 is 19.9 Å². The normalized spacial score (nSPS) is 27.4. The second-order valence-electron chi connectivity index (χ2n) is 4.98. The summed E-state index contributed by atoms with van der Waals surface area (Å²) in [5.41, 5.74) is 0.537. The van der Waals surface area contributed by atoms with Crippen LogP contribution in [-0.2, 0) is 0 Å². The Hall–Kier alpha value is -1.33. The molecule has 0 saturated heterocycles. The lowest BCUT2D eigenvalue weighted by atomic mass is 10.1. The number of aliphatic hydroxyl groups is 2. The van der Waals surface area contributed by atoms with Gasteiger partial charge in [-0.25, -0.2) is 0 Å². The first-order valence-corrected chi connectivity index (χ1v) is 6.18. The van der Waals surface area contributed by atoms with Gasteiger partial charge in [-0.1, -0.05) is 0 Å². The predicted octanol–water partition coefficient (Wildman–Crippen LogP) is 0.758. The van der Waals surface area contributed by atoms with Crippen molar-refractivity contribution < 1.29 is 19.4 Å². The lowest BCUT2D eigenvalue weighted by molar-refractivity contribution is 0.0903. The summed E-state index contributed by atoms with van der Waals surface area (Å²) in [4.78, 5) is 12.0. The maximum atomic E-state index is 12.0. The third kappa shape index (κ3) is 2.57. The number of carbonyl (C=O) groups is 1. The number of rotatable bonds is 3. The van der Waals surface area contributed by atoms with E-state index in [1.165, 1.54) is 0 Å². The molecule has 18 heavy (non-hydrogen) atoms. The van der Waals surface area contributed by atoms with Crippen molar-refractivity contribution in [1.29, 1.82) is 0 Å². The maximum absolute atomic E-state index is 12.0. The van der Waals surface area contributed by atoms with E-state index in [1.54, 1.807) is 19.9 Å². The Balaban J connectivity index is 1.99. The number of nitrogens with one attached hydrogen (secondary N) is 1. The molecule has 5 heteroatoms. The van der Waals surface area contributed by atoms with E-state index in [0.717, 1.165) is 0 Å². The summed E-state index contributed by atoms with van der Waals surface area (Å²) >= 11 is 0. The maximum Gasteiger partial charge on any atom is 0.255 e. The summed E-state index contributed by atoms with van der Waals surface area (Å²) in [5, 5.41) is 21.6. The van der Waals surface area contributed by atoms with Gasteiger partial charge in [0.15, 0.2) is 0 Å². The SMILES string of the molecule is Cc1cc(C(=O)N[C@@H]2C[C@H](CO)[C@H](O)C2)c(C)o1. The van der Waals surface area contributed by atoms with Gasteiger partial charge in [0.2, 0.25) is 0 Å². The Morgan fingerprint density at radius 3 is 2.72 bits per heavy atom. The summed E-state index contributed by atoms with van der Waals surface area (Å²) in [5.74, 6) is 0.988. The zero-order valence-corrected chi connectivity index (χ0v) is 10.6. The zero-order valence-electron chi connectivity index (χ0n) is 10.6. The second kappa shape index (κ2) is 5.12. The summed E-state index contributed by atoms with van der Waals surface area (Å²) in [6.45, 7) is 3.50. The molecule has 1 amide bonds. The minimum Gasteiger partial charge on any atom is -0.466 e. The standard InChI is InChI=1S/C13H19NO4/c1-7-3-11(8(2)18-7)13(17)14-10-4-9(6-15)12(16)5-10/h3,9-10,12,15-16H,4-6H2,1-2H3,(H,14,17)/t9-,10-,12-/m1/s1. The lowest BCUT2D eigenvalue weighted by Crippen LogP contribution is -2.33. The largest absolute Gasteiger partial charge is 0.466 e. The van der Waals surface area contributed by atoms with Gasteiger partial charge in [0, 0.05) is 18.6 Å². The van der Waals surface area contributed by atoms with Crippen LogP contribution in [0, 0.1) is 19.8 Å². The number of hydrogen-bond donors (Lipinski definition) is 3. The van der Waals surface area contributed by atoms with Crippen LogP contribution in [-0.4, -0.2) is 34.9 Å². The zero-order chi connectivity index (χ0) is 13.3. The summed E-state index contributed by atoms with van der Waals surface area (Å²) < 4.78 is 5.31. The van der Waals surface area contributed by atoms with E-state index in [0.29, 0.717) is 29.9 Å². The fraction of sp³-hybridized carbons (Fsp3) is 0.615. The first kappa shape index (κ1) is 13.1. The molecule has 5 nitrogen and oxygen atoms in total. The Labute approximate surface area is 106 Å². The highest BCUT2D eigenvalue weighted by Crippen LogP contribution is 2.26. The molecular weight excluding hydrogens is 234 g/mol. The van der Waals surface area contributed by atoms with Crippen molar-refractivity contribution in [2.24, 2.45) is 5.92 Å². The summed E-state index contributed by atoms with van der Waals surface area (Å²) in [7, 11) is 0. The first-order valence-electron chi connectivity index (χ1n) is 6.18. The molecule has 0 radical (unpaired) electrons. The molecule has 1 heterocycles. The molecule has 0 bridgehead atoms. The Kier molecular flexibility index (Phi) is 3.73. The molecule has 1 saturated carbocycles. The quantitative estimate of drug-likeness (QED) is 0.742. The minimum absolute atomic E-state index is 0.0443. The molecule has 0 aromatic carbocycles. The highest BCUT2D eigenvalue weighted by Gasteiger charge is 2.33. The van der Waals surface area contributed by atoms with Crippen LogP contribution in [0.1, 0.15) is 34.7 Å². The number of amides is 1. The molecule has 1 aliphatic rings. The summed E-state index contributed by atoms with van der Waals surface area (Å²) in [6, 6.07) is 1.62. The lowest BCUT2D eigenvalue weighted by Gasteiger charge is -2.11. The average molecular weight is 253 g/mol. The molecule has 1 fully saturated rings. The Bertz CT molecular complexity index is 440. The van der Waals surface area contributed by atoms with E-state index in [9.17, 15) is 9.90 Å². The van der Waals surface area contributed by atoms with E-state index < -0.39 is 6.10 Å². The minimum atomic E-state index is -0.535. The number of carbonyl (C=O) groups excluding carboxylic acids is 1. The molecule has 2 rings (SSSR count). The van der Waals surface area contributed by atoms with Crippen molar-refractivity contribution in [1.82, 2.24) is 5.32 Å². The van der Waals surface area contributed by atoms with Crippen LogP contribution in [0.3, 0.4) is 0 Å². The van der Waals surface area contributed by atoms with E-state index in [-0.39, 0.29) is 24.5 Å². The van der Waals surface area contributed by atoms with Gasteiger partial charge in [-0.2, -0.15) is 0 Å². The predicted molar refractivity (Wildman–Crippen MR) is 65.3 cm³/mol. The van der Waals surface area contributed by atoms with Gasteiger partial charge in [0.05, 0.1) is 11.7 Å². The van der Waals surface area contributed by atoms with Gasteiger partial charge in [0.25, 0.3) is 5.91 Å². The van der Waals surface area contributed by atoms with Crippen molar-refractivity contribution >= 4 is 5.91 Å². The van der Waals surface area contributed by atoms with Crippen molar-refractivity contribution in [2.75, 3.05) is 6.61 Å². The molecule has 3 N–H and O–H groups in total. The van der Waals surface area contributed by atoms with Gasteiger partial charge in [-0.3, -0.25) is 4.79 Å². The van der Waals surface area contributed by atoms with Crippen molar-refractivity contribution in [3.8, 4) is 0 Å². The number of aryl methyl sites for hydroxylation is 2. The molecular formula is C13H19NO4. The summed E-state index contributed by atoms with van der Waals surface area (Å²) in [6.07, 6.45) is 0.569. The number of hydrogen-bond acceptors (Lipinski definition) is 4.